The van der Waals surface area contributed by atoms with Crippen LogP contribution in [-0.4, -0.2) is 34.1 Å². The number of likely N-dealkylation sites (tertiary alicyclic amines) is 1. The number of nitrogens with zero attached hydrogens (tertiary/aromatic N) is 2. The molecule has 0 spiro atoms. The molecule has 0 bridgehead atoms. The van der Waals surface area contributed by atoms with Crippen molar-refractivity contribution in [1.82, 2.24) is 15.1 Å². The second-order valence-electron chi connectivity index (χ2n) is 5.84. The molecule has 1 fully saturated rings. The fraction of sp³-hybridized carbons (Fsp3) is 0.500. The van der Waals surface area contributed by atoms with Gasteiger partial charge in [0, 0.05) is 23.7 Å². The van der Waals surface area contributed by atoms with Gasteiger partial charge in [0.25, 0.3) is 0 Å². The maximum atomic E-state index is 12.4. The minimum Gasteiger partial charge on any atom is -0.342 e. The summed E-state index contributed by atoms with van der Waals surface area (Å²) >= 11 is 1.66. The Labute approximate surface area is 129 Å². The number of rotatable bonds is 4. The number of H-pyrrole nitrogens is 1. The van der Waals surface area contributed by atoms with Crippen LogP contribution in [0.4, 0.5) is 0 Å². The summed E-state index contributed by atoms with van der Waals surface area (Å²) in [4.78, 5) is 15.6. The highest BCUT2D eigenvalue weighted by Gasteiger charge is 2.24. The predicted octanol–water partition coefficient (Wildman–Crippen LogP) is 2.80. The number of hydrogen-bond donors (Lipinski definition) is 1. The average molecular weight is 303 g/mol. The topological polar surface area (TPSA) is 49.0 Å². The van der Waals surface area contributed by atoms with Gasteiger partial charge in [0.1, 0.15) is 0 Å². The second-order valence-corrected chi connectivity index (χ2v) is 6.87. The van der Waals surface area contributed by atoms with E-state index in [1.165, 1.54) is 17.7 Å². The molecule has 1 N–H and O–H groups in total. The number of carbonyl (C=O) groups excluding carboxylic acids is 1. The predicted molar refractivity (Wildman–Crippen MR) is 84.4 cm³/mol. The molecule has 5 heteroatoms. The molecule has 0 aliphatic carbocycles. The van der Waals surface area contributed by atoms with Crippen molar-refractivity contribution in [3.8, 4) is 0 Å². The lowest BCUT2D eigenvalue weighted by atomic mass is 9.92. The maximum absolute atomic E-state index is 12.4. The Kier molecular flexibility index (Phi) is 4.39. The highest BCUT2D eigenvalue weighted by Crippen LogP contribution is 2.22. The molecule has 0 aromatic carbocycles. The third kappa shape index (κ3) is 3.53. The number of aromatic amines is 1. The molecule has 0 radical (unpaired) electrons. The Bertz CT molecular complexity index is 590. The van der Waals surface area contributed by atoms with E-state index in [1.54, 1.807) is 11.3 Å². The van der Waals surface area contributed by atoms with E-state index in [0.29, 0.717) is 12.3 Å². The van der Waals surface area contributed by atoms with Crippen LogP contribution in [0.5, 0.6) is 0 Å². The number of piperidine rings is 1. The van der Waals surface area contributed by atoms with Crippen molar-refractivity contribution in [2.75, 3.05) is 13.1 Å². The van der Waals surface area contributed by atoms with E-state index in [0.717, 1.165) is 30.8 Å². The van der Waals surface area contributed by atoms with Crippen LogP contribution >= 0.6 is 11.3 Å². The van der Waals surface area contributed by atoms with Gasteiger partial charge in [-0.3, -0.25) is 9.89 Å². The first-order chi connectivity index (χ1) is 10.2. The summed E-state index contributed by atoms with van der Waals surface area (Å²) < 4.78 is 0. The standard InChI is InChI=1S/C16H21N3OS/c1-12-10-17-18-15(12)8-13-4-2-6-19(11-13)16(20)9-14-5-3-7-21-14/h3,5,7,10,13H,2,4,6,8-9,11H2,1H3,(H,17,18)/t13-/m0/s1. The maximum Gasteiger partial charge on any atom is 0.227 e. The van der Waals surface area contributed by atoms with Gasteiger partial charge in [0.2, 0.25) is 5.91 Å². The van der Waals surface area contributed by atoms with Crippen molar-refractivity contribution in [2.45, 2.75) is 32.6 Å². The summed E-state index contributed by atoms with van der Waals surface area (Å²) in [6.07, 6.45) is 5.72. The van der Waals surface area contributed by atoms with Gasteiger partial charge >= 0.3 is 0 Å². The van der Waals surface area contributed by atoms with E-state index in [-0.39, 0.29) is 5.91 Å². The zero-order chi connectivity index (χ0) is 14.7. The van der Waals surface area contributed by atoms with Crippen LogP contribution in [0.1, 0.15) is 29.0 Å². The number of amides is 1. The largest absolute Gasteiger partial charge is 0.342 e. The minimum absolute atomic E-state index is 0.267. The van der Waals surface area contributed by atoms with Gasteiger partial charge in [-0.1, -0.05) is 6.07 Å². The number of aromatic nitrogens is 2. The summed E-state index contributed by atoms with van der Waals surface area (Å²) in [5.74, 6) is 0.814. The van der Waals surface area contributed by atoms with E-state index in [4.69, 9.17) is 0 Å². The van der Waals surface area contributed by atoms with Crippen LogP contribution in [0.3, 0.4) is 0 Å². The molecule has 1 atom stereocenters. The van der Waals surface area contributed by atoms with E-state index in [9.17, 15) is 4.79 Å². The second kappa shape index (κ2) is 6.43. The first-order valence-electron chi connectivity index (χ1n) is 7.51. The molecule has 1 aliphatic heterocycles. The van der Waals surface area contributed by atoms with Crippen molar-refractivity contribution in [2.24, 2.45) is 5.92 Å². The Morgan fingerprint density at radius 1 is 1.57 bits per heavy atom. The molecule has 0 saturated carbocycles. The Morgan fingerprint density at radius 3 is 3.19 bits per heavy atom. The van der Waals surface area contributed by atoms with E-state index in [1.807, 2.05) is 28.6 Å². The molecule has 1 saturated heterocycles. The minimum atomic E-state index is 0.267. The molecule has 1 amide bonds. The molecule has 1 aliphatic rings. The molecular formula is C16H21N3OS. The Morgan fingerprint density at radius 2 is 2.48 bits per heavy atom. The number of thiophene rings is 1. The van der Waals surface area contributed by atoms with Crippen molar-refractivity contribution in [3.05, 3.63) is 39.8 Å². The van der Waals surface area contributed by atoms with Crippen molar-refractivity contribution >= 4 is 17.2 Å². The molecule has 4 nitrogen and oxygen atoms in total. The van der Waals surface area contributed by atoms with Crippen molar-refractivity contribution < 1.29 is 4.79 Å². The molecular weight excluding hydrogens is 282 g/mol. The van der Waals surface area contributed by atoms with Crippen LogP contribution in [0, 0.1) is 12.8 Å². The molecule has 21 heavy (non-hydrogen) atoms. The highest BCUT2D eigenvalue weighted by atomic mass is 32.1. The van der Waals surface area contributed by atoms with Crippen LogP contribution in [-0.2, 0) is 17.6 Å². The lowest BCUT2D eigenvalue weighted by molar-refractivity contribution is -0.132. The summed E-state index contributed by atoms with van der Waals surface area (Å²) in [5.41, 5.74) is 2.43. The Balaban J connectivity index is 1.57. The monoisotopic (exact) mass is 303 g/mol. The van der Waals surface area contributed by atoms with Crippen molar-refractivity contribution in [3.63, 3.8) is 0 Å². The fourth-order valence-corrected chi connectivity index (χ4v) is 3.70. The fourth-order valence-electron chi connectivity index (χ4n) is 3.00. The van der Waals surface area contributed by atoms with Crippen molar-refractivity contribution in [1.29, 1.82) is 0 Å². The lowest BCUT2D eigenvalue weighted by Gasteiger charge is -2.32. The van der Waals surface area contributed by atoms with E-state index < -0.39 is 0 Å². The van der Waals surface area contributed by atoms with Crippen LogP contribution in [0.2, 0.25) is 0 Å². The zero-order valence-electron chi connectivity index (χ0n) is 12.3. The molecule has 3 heterocycles. The normalized spacial score (nSPS) is 18.9. The molecule has 3 rings (SSSR count). The zero-order valence-corrected chi connectivity index (χ0v) is 13.2. The number of nitrogens with one attached hydrogen (secondary N) is 1. The third-order valence-corrected chi connectivity index (χ3v) is 5.08. The lowest BCUT2D eigenvalue weighted by Crippen LogP contribution is -2.41. The van der Waals surface area contributed by atoms with Gasteiger partial charge in [-0.2, -0.15) is 5.10 Å². The highest BCUT2D eigenvalue weighted by molar-refractivity contribution is 7.10. The summed E-state index contributed by atoms with van der Waals surface area (Å²) in [6.45, 7) is 3.87. The van der Waals surface area contributed by atoms with Gasteiger partial charge in [-0.25, -0.2) is 0 Å². The summed E-state index contributed by atoms with van der Waals surface area (Å²) in [7, 11) is 0. The van der Waals surface area contributed by atoms with Gasteiger partial charge < -0.3 is 4.90 Å². The molecule has 2 aromatic rings. The van der Waals surface area contributed by atoms with Gasteiger partial charge in [-0.15, -0.1) is 11.3 Å². The molecule has 2 aromatic heterocycles. The van der Waals surface area contributed by atoms with Crippen LogP contribution < -0.4 is 0 Å². The van der Waals surface area contributed by atoms with E-state index >= 15 is 0 Å². The quantitative estimate of drug-likeness (QED) is 0.944. The first-order valence-corrected chi connectivity index (χ1v) is 8.39. The van der Waals surface area contributed by atoms with E-state index in [2.05, 4.69) is 17.1 Å². The van der Waals surface area contributed by atoms with Gasteiger partial charge in [0.15, 0.2) is 0 Å². The summed E-state index contributed by atoms with van der Waals surface area (Å²) in [6, 6.07) is 4.05. The van der Waals surface area contributed by atoms with Gasteiger partial charge in [0.05, 0.1) is 12.6 Å². The SMILES string of the molecule is Cc1cn[nH]c1C[C@@H]1CCCN(C(=O)Cc2cccs2)C1. The number of hydrogen-bond acceptors (Lipinski definition) is 3. The molecule has 0 unspecified atom stereocenters. The first kappa shape index (κ1) is 14.3. The number of carbonyl (C=O) groups is 1. The third-order valence-electron chi connectivity index (χ3n) is 4.20. The number of aryl methyl sites for hydroxylation is 1. The van der Waals surface area contributed by atoms with Crippen LogP contribution in [0.25, 0.3) is 0 Å². The molecule has 112 valence electrons. The smallest absolute Gasteiger partial charge is 0.227 e. The van der Waals surface area contributed by atoms with Gasteiger partial charge in [-0.05, 0) is 49.1 Å². The summed E-state index contributed by atoms with van der Waals surface area (Å²) in [5, 5.41) is 9.20. The van der Waals surface area contributed by atoms with Crippen LogP contribution in [0.15, 0.2) is 23.7 Å². The Hall–Kier alpha value is -1.62. The average Bonchev–Trinajstić information content (AvgIpc) is 3.12.